The van der Waals surface area contributed by atoms with Crippen molar-refractivity contribution in [2.75, 3.05) is 0 Å². The Hall–Kier alpha value is -7.63. The van der Waals surface area contributed by atoms with Crippen molar-refractivity contribution < 1.29 is 0 Å². The van der Waals surface area contributed by atoms with Crippen LogP contribution in [0.15, 0.2) is 200 Å². The van der Waals surface area contributed by atoms with Crippen molar-refractivity contribution in [3.63, 3.8) is 0 Å². The lowest BCUT2D eigenvalue weighted by Crippen LogP contribution is -2.06. The van der Waals surface area contributed by atoms with E-state index in [-0.39, 0.29) is 0 Å². The van der Waals surface area contributed by atoms with E-state index in [9.17, 15) is 0 Å². The molecule has 3 aromatic heterocycles. The molecule has 5 heteroatoms. The van der Waals surface area contributed by atoms with E-state index in [1.807, 2.05) is 60.7 Å². The molecule has 0 amide bonds. The fourth-order valence-corrected chi connectivity index (χ4v) is 8.32. The molecule has 0 saturated carbocycles. The first-order valence-corrected chi connectivity index (χ1v) is 18.9. The van der Waals surface area contributed by atoms with Crippen LogP contribution in [0.1, 0.15) is 0 Å². The summed E-state index contributed by atoms with van der Waals surface area (Å²) in [6.07, 6.45) is 0. The highest BCUT2D eigenvalue weighted by molar-refractivity contribution is 6.19. The molecule has 0 aliphatic heterocycles. The van der Waals surface area contributed by atoms with Crippen LogP contribution in [-0.4, -0.2) is 24.1 Å². The number of rotatable bonds is 4. The van der Waals surface area contributed by atoms with E-state index in [0.29, 0.717) is 17.6 Å². The summed E-state index contributed by atoms with van der Waals surface area (Å²) in [4.78, 5) is 15.3. The summed E-state index contributed by atoms with van der Waals surface area (Å²) in [6, 6.07) is 70.7. The third kappa shape index (κ3) is 5.13. The normalized spacial score (nSPS) is 11.6. The monoisotopic (exact) mass is 715 g/mol. The van der Waals surface area contributed by atoms with Gasteiger partial charge >= 0.3 is 0 Å². The van der Waals surface area contributed by atoms with Crippen LogP contribution in [0.25, 0.3) is 99.6 Å². The second kappa shape index (κ2) is 13.0. The van der Waals surface area contributed by atoms with E-state index >= 15 is 0 Å². The molecular weight excluding hydrogens is 683 g/mol. The zero-order valence-electron chi connectivity index (χ0n) is 30.3. The van der Waals surface area contributed by atoms with Gasteiger partial charge in [0.2, 0.25) is 5.95 Å². The maximum absolute atomic E-state index is 5.15. The van der Waals surface area contributed by atoms with Crippen LogP contribution in [0.5, 0.6) is 0 Å². The first kappa shape index (κ1) is 31.9. The summed E-state index contributed by atoms with van der Waals surface area (Å²) in [7, 11) is 0. The molecule has 0 unspecified atom stereocenters. The molecule has 3 heterocycles. The quantitative estimate of drug-likeness (QED) is 0.182. The molecule has 11 rings (SSSR count). The minimum atomic E-state index is 0.573. The van der Waals surface area contributed by atoms with Crippen LogP contribution in [0.2, 0.25) is 0 Å². The molecule has 0 fully saturated rings. The van der Waals surface area contributed by atoms with E-state index < -0.39 is 0 Å². The standard InChI is InChI=1S/C51H33N5/c1-3-17-34(18-4-1)49-52-50(35-19-5-2-6-20-35)54-51(53-49)56-47-30-16-13-27-43(47)44-33-36(31-32-48(44)56)55-45-28-14-11-25-41(45)39-23-9-7-21-37(39)38-22-8-10-24-40(38)42-26-12-15-29-46(42)55/h1-33H. The average Bonchev–Trinajstić information content (AvgIpc) is 3.62. The SMILES string of the molecule is c1ccc(-c2nc(-c3ccccc3)nc(-n3c4ccccc4c4cc(-n5c6ccccc6c6ccccc6c6ccccc6c6ccccc65)ccc43)n2)cc1. The molecule has 5 nitrogen and oxygen atoms in total. The summed E-state index contributed by atoms with van der Waals surface area (Å²) < 4.78 is 4.61. The Balaban J connectivity index is 1.25. The van der Waals surface area contributed by atoms with Gasteiger partial charge in [-0.1, -0.05) is 164 Å². The topological polar surface area (TPSA) is 48.5 Å². The third-order valence-corrected chi connectivity index (χ3v) is 10.8. The van der Waals surface area contributed by atoms with Gasteiger partial charge in [0, 0.05) is 38.4 Å². The average molecular weight is 716 g/mol. The van der Waals surface area contributed by atoms with Gasteiger partial charge in [-0.25, -0.2) is 4.98 Å². The Morgan fingerprint density at radius 2 is 0.625 bits per heavy atom. The van der Waals surface area contributed by atoms with Crippen molar-refractivity contribution in [1.29, 1.82) is 0 Å². The van der Waals surface area contributed by atoms with Gasteiger partial charge in [-0.05, 0) is 57.9 Å². The predicted molar refractivity (Wildman–Crippen MR) is 232 cm³/mol. The van der Waals surface area contributed by atoms with E-state index in [1.165, 1.54) is 32.3 Å². The highest BCUT2D eigenvalue weighted by atomic mass is 15.2. The van der Waals surface area contributed by atoms with Gasteiger partial charge in [0.1, 0.15) is 0 Å². The number of hydrogen-bond donors (Lipinski definition) is 0. The first-order valence-electron chi connectivity index (χ1n) is 18.9. The number of benzene rings is 8. The molecule has 0 aliphatic rings. The molecule has 8 aromatic carbocycles. The molecule has 56 heavy (non-hydrogen) atoms. The van der Waals surface area contributed by atoms with Crippen molar-refractivity contribution in [2.45, 2.75) is 0 Å². The minimum Gasteiger partial charge on any atom is -0.309 e. The molecule has 0 N–H and O–H groups in total. The van der Waals surface area contributed by atoms with Crippen LogP contribution >= 0.6 is 0 Å². The maximum Gasteiger partial charge on any atom is 0.238 e. The maximum atomic E-state index is 5.15. The van der Waals surface area contributed by atoms with Crippen molar-refractivity contribution in [3.8, 4) is 34.4 Å². The summed E-state index contributed by atoms with van der Waals surface area (Å²) in [5.74, 6) is 1.83. The highest BCUT2D eigenvalue weighted by Crippen LogP contribution is 2.37. The number of fused-ring (bicyclic) bond motifs is 10. The highest BCUT2D eigenvalue weighted by Gasteiger charge is 2.19. The summed E-state index contributed by atoms with van der Waals surface area (Å²) >= 11 is 0. The summed E-state index contributed by atoms with van der Waals surface area (Å²) in [5.41, 5.74) is 7.19. The Bertz CT molecular complexity index is 3200. The summed E-state index contributed by atoms with van der Waals surface area (Å²) in [6.45, 7) is 0. The smallest absolute Gasteiger partial charge is 0.238 e. The van der Waals surface area contributed by atoms with E-state index in [4.69, 9.17) is 15.0 Å². The number of para-hydroxylation sites is 3. The molecule has 0 atom stereocenters. The van der Waals surface area contributed by atoms with Crippen molar-refractivity contribution >= 4 is 65.2 Å². The second-order valence-corrected chi connectivity index (χ2v) is 14.0. The molecule has 11 aromatic rings. The lowest BCUT2D eigenvalue weighted by atomic mass is 10.0. The van der Waals surface area contributed by atoms with Gasteiger partial charge in [-0.3, -0.25) is 4.57 Å². The largest absolute Gasteiger partial charge is 0.309 e. The fourth-order valence-electron chi connectivity index (χ4n) is 8.32. The molecule has 0 radical (unpaired) electrons. The molecule has 0 saturated heterocycles. The Morgan fingerprint density at radius 1 is 0.268 bits per heavy atom. The van der Waals surface area contributed by atoms with Gasteiger partial charge in [-0.15, -0.1) is 0 Å². The lowest BCUT2D eigenvalue weighted by Gasteiger charge is -2.14. The molecule has 262 valence electrons. The zero-order valence-corrected chi connectivity index (χ0v) is 30.3. The van der Waals surface area contributed by atoms with Crippen LogP contribution in [0, 0.1) is 0 Å². The second-order valence-electron chi connectivity index (χ2n) is 14.0. The number of hydrogen-bond acceptors (Lipinski definition) is 3. The zero-order chi connectivity index (χ0) is 37.0. The van der Waals surface area contributed by atoms with Crippen LogP contribution in [-0.2, 0) is 0 Å². The van der Waals surface area contributed by atoms with Gasteiger partial charge in [0.25, 0.3) is 0 Å². The Morgan fingerprint density at radius 3 is 1.11 bits per heavy atom. The Labute approximate surface area is 322 Å². The first-order chi connectivity index (χ1) is 27.8. The van der Waals surface area contributed by atoms with E-state index in [1.54, 1.807) is 0 Å². The molecule has 0 aliphatic carbocycles. The Kier molecular flexibility index (Phi) is 7.42. The van der Waals surface area contributed by atoms with Crippen molar-refractivity contribution in [1.82, 2.24) is 24.1 Å². The van der Waals surface area contributed by atoms with Gasteiger partial charge in [-0.2, -0.15) is 9.97 Å². The molecular formula is C51H33N5. The van der Waals surface area contributed by atoms with E-state index in [0.717, 1.165) is 49.7 Å². The number of nitrogens with zero attached hydrogens (tertiary/aromatic N) is 5. The van der Waals surface area contributed by atoms with Crippen molar-refractivity contribution in [2.24, 2.45) is 0 Å². The van der Waals surface area contributed by atoms with Crippen LogP contribution in [0.4, 0.5) is 0 Å². The van der Waals surface area contributed by atoms with Crippen molar-refractivity contribution in [3.05, 3.63) is 200 Å². The fraction of sp³-hybridized carbons (Fsp3) is 0. The molecule has 0 bridgehead atoms. The van der Waals surface area contributed by atoms with E-state index in [2.05, 4.69) is 149 Å². The predicted octanol–water partition coefficient (Wildman–Crippen LogP) is 12.8. The third-order valence-electron chi connectivity index (χ3n) is 10.8. The van der Waals surface area contributed by atoms with Crippen LogP contribution < -0.4 is 0 Å². The van der Waals surface area contributed by atoms with Gasteiger partial charge in [0.15, 0.2) is 11.6 Å². The molecule has 0 spiro atoms. The minimum absolute atomic E-state index is 0.573. The lowest BCUT2D eigenvalue weighted by molar-refractivity contribution is 0.953. The van der Waals surface area contributed by atoms with Gasteiger partial charge in [0.05, 0.1) is 22.1 Å². The van der Waals surface area contributed by atoms with Crippen LogP contribution in [0.3, 0.4) is 0 Å². The number of aromatic nitrogens is 5. The van der Waals surface area contributed by atoms with Gasteiger partial charge < -0.3 is 4.57 Å². The summed E-state index contributed by atoms with van der Waals surface area (Å²) in [5, 5.41) is 9.40.